The fourth-order valence-corrected chi connectivity index (χ4v) is 2.71. The van der Waals surface area contributed by atoms with Crippen molar-refractivity contribution in [1.29, 1.82) is 0 Å². The molecule has 0 aromatic heterocycles. The number of benzene rings is 1. The summed E-state index contributed by atoms with van der Waals surface area (Å²) >= 11 is 1.79. The lowest BCUT2D eigenvalue weighted by molar-refractivity contribution is -0.139. The summed E-state index contributed by atoms with van der Waals surface area (Å²) in [5.74, 6) is -1.97. The van der Waals surface area contributed by atoms with Crippen molar-refractivity contribution in [2.45, 2.75) is 4.90 Å². The molecule has 0 radical (unpaired) electrons. The van der Waals surface area contributed by atoms with E-state index in [2.05, 4.69) is 4.74 Å². The molecule has 0 bridgehead atoms. The Morgan fingerprint density at radius 3 is 2.58 bits per heavy atom. The number of rotatable bonds is 5. The number of hydrogen-bond acceptors (Lipinski definition) is 5. The molecule has 0 spiro atoms. The van der Waals surface area contributed by atoms with Gasteiger partial charge in [0.15, 0.2) is 0 Å². The molecule has 0 amide bonds. The number of carbonyl (C=O) groups excluding carboxylic acids is 1. The average molecular weight is 399 g/mol. The van der Waals surface area contributed by atoms with E-state index in [1.54, 1.807) is 22.6 Å². The Balaban J connectivity index is 3.05. The Kier molecular flexibility index (Phi) is 5.26. The number of methoxy groups -OCH3 is 1. The molecule has 1 aromatic carbocycles. The van der Waals surface area contributed by atoms with Crippen molar-refractivity contribution in [3.8, 4) is 0 Å². The third-order valence-electron chi connectivity index (χ3n) is 2.11. The molecule has 0 saturated carbocycles. The van der Waals surface area contributed by atoms with E-state index in [0.717, 1.165) is 13.2 Å². The summed E-state index contributed by atoms with van der Waals surface area (Å²) in [6, 6.07) is 3.66. The molecule has 0 aliphatic rings. The van der Waals surface area contributed by atoms with Crippen LogP contribution in [0.1, 0.15) is 10.4 Å². The first kappa shape index (κ1) is 15.9. The molecule has 0 aliphatic heterocycles. The van der Waals surface area contributed by atoms with Gasteiger partial charge in [-0.3, -0.25) is 4.79 Å². The maximum absolute atomic E-state index is 11.8. The zero-order chi connectivity index (χ0) is 14.6. The lowest BCUT2D eigenvalue weighted by Crippen LogP contribution is -2.30. The van der Waals surface area contributed by atoms with Gasteiger partial charge >= 0.3 is 11.9 Å². The number of ether oxygens (including phenoxy) is 1. The molecule has 0 saturated heterocycles. The summed E-state index contributed by atoms with van der Waals surface area (Å²) in [6.45, 7) is -0.521. The number of halogens is 1. The van der Waals surface area contributed by atoms with Crippen LogP contribution in [0.25, 0.3) is 0 Å². The molecule has 0 aliphatic carbocycles. The van der Waals surface area contributed by atoms with E-state index >= 15 is 0 Å². The SMILES string of the molecule is COC(=O)CNS(=O)(=O)c1ccc(I)c(C(=O)O)c1. The van der Waals surface area contributed by atoms with Crippen molar-refractivity contribution < 1.29 is 27.9 Å². The van der Waals surface area contributed by atoms with Crippen molar-refractivity contribution in [1.82, 2.24) is 4.72 Å². The van der Waals surface area contributed by atoms with E-state index in [0.29, 0.717) is 3.57 Å². The molecule has 0 atom stereocenters. The predicted octanol–water partition coefficient (Wildman–Crippen LogP) is 0.441. The van der Waals surface area contributed by atoms with Gasteiger partial charge in [0.2, 0.25) is 10.0 Å². The summed E-state index contributed by atoms with van der Waals surface area (Å²) < 4.78 is 30.4. The molecule has 7 nitrogen and oxygen atoms in total. The first-order valence-electron chi connectivity index (χ1n) is 4.87. The van der Waals surface area contributed by atoms with Gasteiger partial charge in [-0.2, -0.15) is 4.72 Å². The predicted molar refractivity (Wildman–Crippen MR) is 73.3 cm³/mol. The van der Waals surface area contributed by atoms with Crippen molar-refractivity contribution in [3.05, 3.63) is 27.3 Å². The number of carbonyl (C=O) groups is 2. The molecule has 0 unspecified atom stereocenters. The Labute approximate surface area is 123 Å². The van der Waals surface area contributed by atoms with Crippen molar-refractivity contribution in [3.63, 3.8) is 0 Å². The highest BCUT2D eigenvalue weighted by Gasteiger charge is 2.19. The van der Waals surface area contributed by atoms with Crippen LogP contribution in [0, 0.1) is 3.57 Å². The number of carboxylic acid groups (broad SMARTS) is 1. The average Bonchev–Trinajstić information content (AvgIpc) is 2.35. The monoisotopic (exact) mass is 399 g/mol. The van der Waals surface area contributed by atoms with E-state index < -0.39 is 28.5 Å². The van der Waals surface area contributed by atoms with Gasteiger partial charge in [-0.05, 0) is 40.8 Å². The first-order valence-corrected chi connectivity index (χ1v) is 7.43. The molecule has 2 N–H and O–H groups in total. The van der Waals surface area contributed by atoms with E-state index in [9.17, 15) is 18.0 Å². The fraction of sp³-hybridized carbons (Fsp3) is 0.200. The smallest absolute Gasteiger partial charge is 0.336 e. The second kappa shape index (κ2) is 6.30. The molecule has 104 valence electrons. The van der Waals surface area contributed by atoms with Crippen LogP contribution in [-0.4, -0.2) is 39.1 Å². The van der Waals surface area contributed by atoms with Crippen LogP contribution in [0.15, 0.2) is 23.1 Å². The number of sulfonamides is 1. The van der Waals surface area contributed by atoms with Crippen LogP contribution in [-0.2, 0) is 19.6 Å². The number of esters is 1. The Bertz CT molecular complexity index is 612. The first-order chi connectivity index (χ1) is 8.77. The maximum atomic E-state index is 11.8. The number of nitrogens with one attached hydrogen (secondary N) is 1. The Hall–Kier alpha value is -1.20. The van der Waals surface area contributed by atoms with Gasteiger partial charge in [0.25, 0.3) is 0 Å². The minimum absolute atomic E-state index is 0.124. The quantitative estimate of drug-likeness (QED) is 0.550. The van der Waals surface area contributed by atoms with E-state index in [-0.39, 0.29) is 10.5 Å². The Morgan fingerprint density at radius 2 is 2.05 bits per heavy atom. The van der Waals surface area contributed by atoms with Crippen LogP contribution >= 0.6 is 22.6 Å². The maximum Gasteiger partial charge on any atom is 0.336 e. The van der Waals surface area contributed by atoms with Gasteiger partial charge in [-0.15, -0.1) is 0 Å². The van der Waals surface area contributed by atoms with Crippen LogP contribution in [0.5, 0.6) is 0 Å². The van der Waals surface area contributed by atoms with Crippen LogP contribution in [0.2, 0.25) is 0 Å². The second-order valence-electron chi connectivity index (χ2n) is 3.35. The number of carboxylic acids is 1. The third kappa shape index (κ3) is 4.14. The van der Waals surface area contributed by atoms with E-state index in [1.165, 1.54) is 12.1 Å². The summed E-state index contributed by atoms with van der Waals surface area (Å²) in [4.78, 5) is 21.6. The fourth-order valence-electron chi connectivity index (χ4n) is 1.14. The normalized spacial score (nSPS) is 11.1. The largest absolute Gasteiger partial charge is 0.478 e. The van der Waals surface area contributed by atoms with Crippen molar-refractivity contribution in [2.75, 3.05) is 13.7 Å². The standard InChI is InChI=1S/C10H10INO6S/c1-18-9(13)5-12-19(16,17)6-2-3-8(11)7(4-6)10(14)15/h2-4,12H,5H2,1H3,(H,14,15). The topological polar surface area (TPSA) is 110 Å². The molecule has 1 rings (SSSR count). The zero-order valence-corrected chi connectivity index (χ0v) is 12.7. The summed E-state index contributed by atoms with van der Waals surface area (Å²) in [7, 11) is -2.83. The summed E-state index contributed by atoms with van der Waals surface area (Å²) in [6.07, 6.45) is 0. The highest BCUT2D eigenvalue weighted by Crippen LogP contribution is 2.17. The second-order valence-corrected chi connectivity index (χ2v) is 6.28. The molecule has 0 fully saturated rings. The zero-order valence-electron chi connectivity index (χ0n) is 9.71. The Morgan fingerprint density at radius 1 is 1.42 bits per heavy atom. The van der Waals surface area contributed by atoms with Crippen LogP contribution in [0.3, 0.4) is 0 Å². The molecular weight excluding hydrogens is 389 g/mol. The van der Waals surface area contributed by atoms with Gasteiger partial charge in [-0.25, -0.2) is 13.2 Å². The third-order valence-corrected chi connectivity index (χ3v) is 4.45. The van der Waals surface area contributed by atoms with Gasteiger partial charge in [0.05, 0.1) is 17.6 Å². The van der Waals surface area contributed by atoms with Gasteiger partial charge in [0.1, 0.15) is 6.54 Å². The minimum Gasteiger partial charge on any atom is -0.478 e. The molecular formula is C10H10INO6S. The summed E-state index contributed by atoms with van der Waals surface area (Å²) in [5, 5.41) is 8.92. The number of aromatic carboxylic acids is 1. The lowest BCUT2D eigenvalue weighted by Gasteiger charge is -2.07. The van der Waals surface area contributed by atoms with Crippen LogP contribution < -0.4 is 4.72 Å². The van der Waals surface area contributed by atoms with Crippen LogP contribution in [0.4, 0.5) is 0 Å². The lowest BCUT2D eigenvalue weighted by atomic mass is 10.2. The van der Waals surface area contributed by atoms with Crippen molar-refractivity contribution >= 4 is 44.6 Å². The summed E-state index contributed by atoms with van der Waals surface area (Å²) in [5.41, 5.74) is -0.124. The van der Waals surface area contributed by atoms with E-state index in [4.69, 9.17) is 5.11 Å². The highest BCUT2D eigenvalue weighted by atomic mass is 127. The number of hydrogen-bond donors (Lipinski definition) is 2. The highest BCUT2D eigenvalue weighted by molar-refractivity contribution is 14.1. The minimum atomic E-state index is -3.96. The van der Waals surface area contributed by atoms with Crippen molar-refractivity contribution in [2.24, 2.45) is 0 Å². The molecule has 19 heavy (non-hydrogen) atoms. The molecule has 0 heterocycles. The molecule has 9 heteroatoms. The molecule has 1 aromatic rings. The van der Waals surface area contributed by atoms with Gasteiger partial charge in [-0.1, -0.05) is 0 Å². The van der Waals surface area contributed by atoms with Gasteiger partial charge < -0.3 is 9.84 Å². The van der Waals surface area contributed by atoms with Gasteiger partial charge in [0, 0.05) is 3.57 Å². The van der Waals surface area contributed by atoms with E-state index in [1.807, 2.05) is 4.72 Å².